The Bertz CT molecular complexity index is 742. The molecule has 0 aromatic rings. The largest absolute Gasteiger partial charge is 0.480 e. The van der Waals surface area contributed by atoms with E-state index in [9.17, 15) is 24.3 Å². The van der Waals surface area contributed by atoms with Gasteiger partial charge in [-0.05, 0) is 44.1 Å². The molecule has 208 valence electrons. The number of carbonyl (C=O) groups is 4. The molecule has 0 aliphatic rings. The van der Waals surface area contributed by atoms with Crippen LogP contribution in [0.3, 0.4) is 0 Å². The SMILES string of the molecule is CCC(C)C(NC(=O)C(NC(=O)C(N)CCCCN)C(C)C)C(=O)NC(CCCN=C(N)N)C(=O)O. The molecule has 0 fully saturated rings. The van der Waals surface area contributed by atoms with Gasteiger partial charge in [0, 0.05) is 6.54 Å². The van der Waals surface area contributed by atoms with Crippen LogP contribution < -0.4 is 38.9 Å². The molecule has 36 heavy (non-hydrogen) atoms. The van der Waals surface area contributed by atoms with Crippen LogP contribution in [0.2, 0.25) is 0 Å². The van der Waals surface area contributed by atoms with Gasteiger partial charge in [0.25, 0.3) is 0 Å². The number of hydrogen-bond donors (Lipinski definition) is 8. The van der Waals surface area contributed by atoms with E-state index in [1.54, 1.807) is 20.8 Å². The molecule has 0 saturated carbocycles. The van der Waals surface area contributed by atoms with E-state index in [4.69, 9.17) is 22.9 Å². The molecule has 0 aromatic heterocycles. The van der Waals surface area contributed by atoms with E-state index in [0.29, 0.717) is 32.2 Å². The minimum atomic E-state index is -1.21. The van der Waals surface area contributed by atoms with E-state index in [-0.39, 0.29) is 30.8 Å². The van der Waals surface area contributed by atoms with E-state index in [2.05, 4.69) is 20.9 Å². The van der Waals surface area contributed by atoms with Gasteiger partial charge in [-0.1, -0.05) is 40.5 Å². The third-order valence-corrected chi connectivity index (χ3v) is 5.91. The number of amides is 3. The van der Waals surface area contributed by atoms with E-state index in [1.807, 2.05) is 6.92 Å². The zero-order chi connectivity index (χ0) is 27.8. The first kappa shape index (κ1) is 33.1. The van der Waals surface area contributed by atoms with Gasteiger partial charge in [-0.25, -0.2) is 4.79 Å². The van der Waals surface area contributed by atoms with Crippen LogP contribution in [-0.2, 0) is 19.2 Å². The summed E-state index contributed by atoms with van der Waals surface area (Å²) in [6.07, 6.45) is 2.86. The average molecular weight is 515 g/mol. The Kier molecular flexibility index (Phi) is 16.1. The number of nitrogens with zero attached hydrogens (tertiary/aromatic N) is 1. The summed E-state index contributed by atoms with van der Waals surface area (Å²) in [4.78, 5) is 54.2. The first-order chi connectivity index (χ1) is 16.8. The molecule has 0 spiro atoms. The molecular weight excluding hydrogens is 468 g/mol. The number of nitrogens with one attached hydrogen (secondary N) is 3. The van der Waals surface area contributed by atoms with Crippen LogP contribution in [-0.4, -0.2) is 72.0 Å². The number of aliphatic imine (C=N–C) groups is 1. The lowest BCUT2D eigenvalue weighted by Gasteiger charge is -2.29. The minimum Gasteiger partial charge on any atom is -0.480 e. The summed E-state index contributed by atoms with van der Waals surface area (Å²) >= 11 is 0. The molecule has 0 saturated heterocycles. The van der Waals surface area contributed by atoms with E-state index < -0.39 is 47.9 Å². The molecule has 13 heteroatoms. The predicted octanol–water partition coefficient (Wildman–Crippen LogP) is -1.26. The van der Waals surface area contributed by atoms with Gasteiger partial charge in [0.2, 0.25) is 17.7 Å². The summed E-state index contributed by atoms with van der Waals surface area (Å²) < 4.78 is 0. The molecule has 0 rings (SSSR count). The van der Waals surface area contributed by atoms with Crippen molar-refractivity contribution in [3.05, 3.63) is 0 Å². The molecular formula is C23H46N8O5. The van der Waals surface area contributed by atoms with Crippen molar-refractivity contribution in [2.24, 2.45) is 39.8 Å². The molecule has 12 N–H and O–H groups in total. The number of unbranched alkanes of at least 4 members (excludes halogenated alkanes) is 1. The first-order valence-corrected chi connectivity index (χ1v) is 12.5. The average Bonchev–Trinajstić information content (AvgIpc) is 2.81. The Hall–Kier alpha value is -2.93. The van der Waals surface area contributed by atoms with Crippen LogP contribution >= 0.6 is 0 Å². The van der Waals surface area contributed by atoms with Crippen molar-refractivity contribution in [3.8, 4) is 0 Å². The highest BCUT2D eigenvalue weighted by atomic mass is 16.4. The first-order valence-electron chi connectivity index (χ1n) is 12.5. The van der Waals surface area contributed by atoms with Gasteiger partial charge in [0.15, 0.2) is 5.96 Å². The maximum absolute atomic E-state index is 13.1. The van der Waals surface area contributed by atoms with Crippen LogP contribution in [0.25, 0.3) is 0 Å². The predicted molar refractivity (Wildman–Crippen MR) is 139 cm³/mol. The third kappa shape index (κ3) is 12.7. The number of nitrogens with two attached hydrogens (primary N) is 4. The minimum absolute atomic E-state index is 0.103. The van der Waals surface area contributed by atoms with E-state index >= 15 is 0 Å². The Morgan fingerprint density at radius 1 is 0.861 bits per heavy atom. The summed E-state index contributed by atoms with van der Waals surface area (Å²) in [5, 5.41) is 17.4. The van der Waals surface area contributed by atoms with Gasteiger partial charge in [0.1, 0.15) is 18.1 Å². The maximum atomic E-state index is 13.1. The number of hydrogen-bond acceptors (Lipinski definition) is 7. The van der Waals surface area contributed by atoms with Gasteiger partial charge in [-0.15, -0.1) is 0 Å². The third-order valence-electron chi connectivity index (χ3n) is 5.91. The lowest BCUT2D eigenvalue weighted by molar-refractivity contribution is -0.143. The molecule has 5 unspecified atom stereocenters. The molecule has 0 heterocycles. The summed E-state index contributed by atoms with van der Waals surface area (Å²) in [6, 6.07) is -3.89. The Labute approximate surface area is 213 Å². The lowest BCUT2D eigenvalue weighted by Crippen LogP contribution is -2.59. The fourth-order valence-electron chi connectivity index (χ4n) is 3.40. The topological polar surface area (TPSA) is 241 Å². The van der Waals surface area contributed by atoms with Gasteiger partial charge >= 0.3 is 5.97 Å². The van der Waals surface area contributed by atoms with Crippen molar-refractivity contribution < 1.29 is 24.3 Å². The molecule has 13 nitrogen and oxygen atoms in total. The number of rotatable bonds is 18. The highest BCUT2D eigenvalue weighted by Crippen LogP contribution is 2.12. The second kappa shape index (κ2) is 17.5. The van der Waals surface area contributed by atoms with E-state index in [1.165, 1.54) is 0 Å². The molecule has 5 atom stereocenters. The van der Waals surface area contributed by atoms with Crippen molar-refractivity contribution in [2.75, 3.05) is 13.1 Å². The van der Waals surface area contributed by atoms with Crippen LogP contribution in [0.4, 0.5) is 0 Å². The molecule has 0 aliphatic heterocycles. The smallest absolute Gasteiger partial charge is 0.326 e. The number of carbonyl (C=O) groups excluding carboxylic acids is 3. The van der Waals surface area contributed by atoms with Crippen molar-refractivity contribution in [3.63, 3.8) is 0 Å². The number of carboxylic acid groups (broad SMARTS) is 1. The fourth-order valence-corrected chi connectivity index (χ4v) is 3.40. The van der Waals surface area contributed by atoms with Gasteiger partial charge in [-0.3, -0.25) is 19.4 Å². The molecule has 3 amide bonds. The second-order valence-corrected chi connectivity index (χ2v) is 9.34. The molecule has 0 radical (unpaired) electrons. The summed E-state index contributed by atoms with van der Waals surface area (Å²) in [5.74, 6) is -3.53. The second-order valence-electron chi connectivity index (χ2n) is 9.34. The lowest BCUT2D eigenvalue weighted by atomic mass is 9.95. The number of carboxylic acids is 1. The Balaban J connectivity index is 5.37. The highest BCUT2D eigenvalue weighted by Gasteiger charge is 2.33. The molecule has 0 aliphatic carbocycles. The quantitative estimate of drug-likeness (QED) is 0.0617. The van der Waals surface area contributed by atoms with Gasteiger partial charge in [-0.2, -0.15) is 0 Å². The highest BCUT2D eigenvalue weighted by molar-refractivity contribution is 5.94. The number of aliphatic carboxylic acids is 1. The normalized spacial score (nSPS) is 15.2. The fraction of sp³-hybridized carbons (Fsp3) is 0.783. The Morgan fingerprint density at radius 2 is 1.44 bits per heavy atom. The molecule has 0 bridgehead atoms. The maximum Gasteiger partial charge on any atom is 0.326 e. The standard InChI is InChI=1S/C23H46N8O5/c1-5-14(4)18(21(34)29-16(22(35)36)10-8-12-28-23(26)27)31-20(33)17(13(2)3)30-19(32)15(25)9-6-7-11-24/h13-18H,5-12,24-25H2,1-4H3,(H,29,34)(H,30,32)(H,31,33)(H,35,36)(H4,26,27,28). The van der Waals surface area contributed by atoms with Crippen LogP contribution in [0.5, 0.6) is 0 Å². The van der Waals surface area contributed by atoms with Crippen LogP contribution in [0, 0.1) is 11.8 Å². The summed E-state index contributed by atoms with van der Waals surface area (Å²) in [7, 11) is 0. The monoisotopic (exact) mass is 514 g/mol. The van der Waals surface area contributed by atoms with Crippen molar-refractivity contribution >= 4 is 29.7 Å². The zero-order valence-electron chi connectivity index (χ0n) is 22.0. The van der Waals surface area contributed by atoms with Crippen molar-refractivity contribution in [1.82, 2.24) is 16.0 Å². The molecule has 0 aromatic carbocycles. The van der Waals surface area contributed by atoms with Crippen molar-refractivity contribution in [2.45, 2.75) is 90.4 Å². The van der Waals surface area contributed by atoms with Crippen LogP contribution in [0.1, 0.15) is 66.2 Å². The zero-order valence-corrected chi connectivity index (χ0v) is 22.0. The van der Waals surface area contributed by atoms with Gasteiger partial charge in [0.05, 0.1) is 6.04 Å². The summed E-state index contributed by atoms with van der Waals surface area (Å²) in [6.45, 7) is 7.87. The van der Waals surface area contributed by atoms with E-state index in [0.717, 1.165) is 6.42 Å². The number of guanidine groups is 1. The Morgan fingerprint density at radius 3 is 1.94 bits per heavy atom. The van der Waals surface area contributed by atoms with Crippen LogP contribution in [0.15, 0.2) is 4.99 Å². The summed E-state index contributed by atoms with van der Waals surface area (Å²) in [5.41, 5.74) is 22.0. The van der Waals surface area contributed by atoms with Crippen molar-refractivity contribution in [1.29, 1.82) is 0 Å². The van der Waals surface area contributed by atoms with Gasteiger partial charge < -0.3 is 44.0 Å².